The van der Waals surface area contributed by atoms with Crippen LogP contribution in [0.15, 0.2) is 41.8 Å². The number of methoxy groups -OCH3 is 1. The first-order valence-corrected chi connectivity index (χ1v) is 11.5. The van der Waals surface area contributed by atoms with Crippen LogP contribution in [0.3, 0.4) is 0 Å². The first-order valence-electron chi connectivity index (χ1n) is 10.0. The molecule has 10 heteroatoms. The minimum Gasteiger partial charge on any atom is -0.496 e. The molecule has 0 aliphatic carbocycles. The van der Waals surface area contributed by atoms with Crippen LogP contribution >= 0.6 is 0 Å². The highest BCUT2D eigenvalue weighted by Crippen LogP contribution is 2.25. The van der Waals surface area contributed by atoms with Crippen molar-refractivity contribution >= 4 is 15.8 Å². The van der Waals surface area contributed by atoms with Crippen LogP contribution in [0.1, 0.15) is 17.0 Å². The molecule has 0 saturated carbocycles. The average Bonchev–Trinajstić information content (AvgIpc) is 3.12. The molecule has 0 spiro atoms. The predicted octanol–water partition coefficient (Wildman–Crippen LogP) is 2.11. The van der Waals surface area contributed by atoms with Gasteiger partial charge in [0.05, 0.1) is 17.7 Å². The highest BCUT2D eigenvalue weighted by atomic mass is 32.2. The molecular weight excluding hydrogens is 416 g/mol. The molecule has 9 nitrogen and oxygen atoms in total. The predicted molar refractivity (Wildman–Crippen MR) is 117 cm³/mol. The fraction of sp³-hybridized carbons (Fsp3) is 0.381. The zero-order valence-corrected chi connectivity index (χ0v) is 18.9. The van der Waals surface area contributed by atoms with E-state index in [0.717, 1.165) is 28.6 Å². The summed E-state index contributed by atoms with van der Waals surface area (Å²) in [7, 11) is -1.99. The fourth-order valence-corrected chi connectivity index (χ4v) is 5.20. The van der Waals surface area contributed by atoms with E-state index in [4.69, 9.17) is 4.74 Å². The van der Waals surface area contributed by atoms with Crippen LogP contribution in [0.25, 0.3) is 5.82 Å². The molecule has 1 aliphatic rings. The lowest BCUT2D eigenvalue weighted by Crippen LogP contribution is -2.49. The van der Waals surface area contributed by atoms with Crippen molar-refractivity contribution in [3.8, 4) is 11.6 Å². The number of nitrogens with zero attached hydrogens (tertiary/aromatic N) is 6. The SMILES string of the molecule is COc1ccc(S(=O)(=O)N2CCN(c3cc(-n4cnc(C)c4C)ncn3)CC2)cc1C. The first kappa shape index (κ1) is 21.3. The molecule has 31 heavy (non-hydrogen) atoms. The van der Waals surface area contributed by atoms with Crippen molar-refractivity contribution in [3.63, 3.8) is 0 Å². The maximum atomic E-state index is 13.1. The number of aryl methyl sites for hydroxylation is 2. The Labute approximate surface area is 182 Å². The second kappa shape index (κ2) is 8.27. The lowest BCUT2D eigenvalue weighted by Gasteiger charge is -2.34. The van der Waals surface area contributed by atoms with Crippen molar-refractivity contribution in [1.29, 1.82) is 0 Å². The van der Waals surface area contributed by atoms with Gasteiger partial charge in [0.15, 0.2) is 0 Å². The van der Waals surface area contributed by atoms with Crippen LogP contribution in [0, 0.1) is 20.8 Å². The Morgan fingerprint density at radius 3 is 2.26 bits per heavy atom. The van der Waals surface area contributed by atoms with Gasteiger partial charge in [-0.2, -0.15) is 4.31 Å². The Balaban J connectivity index is 1.49. The number of aromatic nitrogens is 4. The number of ether oxygens (including phenoxy) is 1. The van der Waals surface area contributed by atoms with E-state index in [2.05, 4.69) is 19.9 Å². The van der Waals surface area contributed by atoms with E-state index >= 15 is 0 Å². The number of hydrogen-bond acceptors (Lipinski definition) is 7. The van der Waals surface area contributed by atoms with Crippen molar-refractivity contribution in [2.45, 2.75) is 25.7 Å². The maximum Gasteiger partial charge on any atom is 0.243 e. The number of sulfonamides is 1. The van der Waals surface area contributed by atoms with Crippen LogP contribution in [-0.2, 0) is 10.0 Å². The quantitative estimate of drug-likeness (QED) is 0.597. The molecule has 0 amide bonds. The smallest absolute Gasteiger partial charge is 0.243 e. The van der Waals surface area contributed by atoms with Crippen molar-refractivity contribution in [1.82, 2.24) is 23.8 Å². The van der Waals surface area contributed by atoms with Crippen molar-refractivity contribution in [2.75, 3.05) is 38.2 Å². The highest BCUT2D eigenvalue weighted by Gasteiger charge is 2.29. The number of hydrogen-bond donors (Lipinski definition) is 0. The van der Waals surface area contributed by atoms with E-state index in [0.29, 0.717) is 31.9 Å². The van der Waals surface area contributed by atoms with E-state index in [9.17, 15) is 8.42 Å². The topological polar surface area (TPSA) is 93.5 Å². The molecule has 3 aromatic rings. The molecule has 0 N–H and O–H groups in total. The second-order valence-electron chi connectivity index (χ2n) is 7.54. The molecule has 1 fully saturated rings. The van der Waals surface area contributed by atoms with Gasteiger partial charge in [-0.15, -0.1) is 0 Å². The van der Waals surface area contributed by atoms with Crippen molar-refractivity contribution < 1.29 is 13.2 Å². The summed E-state index contributed by atoms with van der Waals surface area (Å²) in [5, 5.41) is 0. The summed E-state index contributed by atoms with van der Waals surface area (Å²) in [6.07, 6.45) is 3.28. The molecule has 0 atom stereocenters. The molecule has 3 heterocycles. The van der Waals surface area contributed by atoms with Crippen LogP contribution in [-0.4, -0.2) is 65.5 Å². The highest BCUT2D eigenvalue weighted by molar-refractivity contribution is 7.89. The van der Waals surface area contributed by atoms with Crippen LogP contribution in [0.2, 0.25) is 0 Å². The van der Waals surface area contributed by atoms with Gasteiger partial charge in [0, 0.05) is 37.9 Å². The van der Waals surface area contributed by atoms with E-state index in [1.165, 1.54) is 10.6 Å². The Morgan fingerprint density at radius 2 is 1.65 bits per heavy atom. The van der Waals surface area contributed by atoms with Crippen LogP contribution in [0.4, 0.5) is 5.82 Å². The summed E-state index contributed by atoms with van der Waals surface area (Å²) in [5.41, 5.74) is 2.77. The third-order valence-electron chi connectivity index (χ3n) is 5.70. The molecule has 0 unspecified atom stereocenters. The molecule has 2 aromatic heterocycles. The lowest BCUT2D eigenvalue weighted by molar-refractivity contribution is 0.383. The largest absolute Gasteiger partial charge is 0.496 e. The first-order chi connectivity index (χ1) is 14.8. The third kappa shape index (κ3) is 4.00. The van der Waals surface area contributed by atoms with Gasteiger partial charge < -0.3 is 9.64 Å². The zero-order chi connectivity index (χ0) is 22.2. The van der Waals surface area contributed by atoms with Crippen LogP contribution in [0.5, 0.6) is 5.75 Å². The third-order valence-corrected chi connectivity index (χ3v) is 7.60. The molecule has 164 valence electrons. The maximum absolute atomic E-state index is 13.1. The summed E-state index contributed by atoms with van der Waals surface area (Å²) in [5.74, 6) is 2.19. The molecule has 0 radical (unpaired) electrons. The van der Waals surface area contributed by atoms with E-state index in [-0.39, 0.29) is 4.90 Å². The Hall–Kier alpha value is -2.98. The van der Waals surface area contributed by atoms with Crippen LogP contribution < -0.4 is 9.64 Å². The van der Waals surface area contributed by atoms with E-state index < -0.39 is 10.0 Å². The molecule has 1 saturated heterocycles. The molecule has 1 aliphatic heterocycles. The molecular formula is C21H26N6O3S. The normalized spacial score (nSPS) is 15.3. The molecule has 4 rings (SSSR count). The number of imidazole rings is 1. The fourth-order valence-electron chi connectivity index (χ4n) is 3.69. The summed E-state index contributed by atoms with van der Waals surface area (Å²) in [6, 6.07) is 6.86. The number of benzene rings is 1. The minimum atomic E-state index is -3.56. The molecule has 0 bridgehead atoms. The number of piperazine rings is 1. The van der Waals surface area contributed by atoms with Crippen molar-refractivity contribution in [2.24, 2.45) is 0 Å². The monoisotopic (exact) mass is 442 g/mol. The van der Waals surface area contributed by atoms with E-state index in [1.54, 1.807) is 31.6 Å². The summed E-state index contributed by atoms with van der Waals surface area (Å²) >= 11 is 0. The second-order valence-corrected chi connectivity index (χ2v) is 9.48. The summed E-state index contributed by atoms with van der Waals surface area (Å²) in [6.45, 7) is 7.66. The van der Waals surface area contributed by atoms with Gasteiger partial charge in [0.1, 0.15) is 30.0 Å². The van der Waals surface area contributed by atoms with Gasteiger partial charge in [0.2, 0.25) is 10.0 Å². The summed E-state index contributed by atoms with van der Waals surface area (Å²) < 4.78 is 34.9. The Kier molecular flexibility index (Phi) is 5.67. The average molecular weight is 443 g/mol. The number of rotatable bonds is 5. The Morgan fingerprint density at radius 1 is 0.935 bits per heavy atom. The van der Waals surface area contributed by atoms with Gasteiger partial charge >= 0.3 is 0 Å². The summed E-state index contributed by atoms with van der Waals surface area (Å²) in [4.78, 5) is 15.5. The van der Waals surface area contributed by atoms with Gasteiger partial charge in [-0.25, -0.2) is 23.4 Å². The minimum absolute atomic E-state index is 0.287. The van der Waals surface area contributed by atoms with Gasteiger partial charge in [-0.05, 0) is 44.5 Å². The zero-order valence-electron chi connectivity index (χ0n) is 18.1. The molecule has 1 aromatic carbocycles. The lowest BCUT2D eigenvalue weighted by atomic mass is 10.2. The van der Waals surface area contributed by atoms with E-state index in [1.807, 2.05) is 31.4 Å². The van der Waals surface area contributed by atoms with Gasteiger partial charge in [0.25, 0.3) is 0 Å². The van der Waals surface area contributed by atoms with Gasteiger partial charge in [-0.3, -0.25) is 4.57 Å². The van der Waals surface area contributed by atoms with Crippen molar-refractivity contribution in [3.05, 3.63) is 53.9 Å². The standard InChI is InChI=1S/C21H26N6O3S/c1-15-11-18(5-6-19(15)30-4)31(28,29)26-9-7-25(8-10-26)20-12-21(23-13-22-20)27-14-24-16(2)17(27)3/h5-6,11-14H,7-10H2,1-4H3. The number of anilines is 1. The Bertz CT molecular complexity index is 1200. The van der Waals surface area contributed by atoms with Gasteiger partial charge in [-0.1, -0.05) is 0 Å².